The van der Waals surface area contributed by atoms with E-state index in [0.717, 1.165) is 50.1 Å². The molecule has 0 aliphatic heterocycles. The molecule has 9 nitrogen and oxygen atoms in total. The molecule has 3 rings (SSSR count). The summed E-state index contributed by atoms with van der Waals surface area (Å²) < 4.78 is 17.6. The van der Waals surface area contributed by atoms with Crippen molar-refractivity contribution in [2.45, 2.75) is 215 Å². The molecule has 0 saturated heterocycles. The van der Waals surface area contributed by atoms with Gasteiger partial charge in [-0.15, -0.1) is 0 Å². The van der Waals surface area contributed by atoms with Crippen LogP contribution in [0.3, 0.4) is 0 Å². The van der Waals surface area contributed by atoms with Gasteiger partial charge in [0.15, 0.2) is 6.10 Å². The van der Waals surface area contributed by atoms with Crippen LogP contribution in [0.15, 0.2) is 36.4 Å². The second-order valence-electron chi connectivity index (χ2n) is 24.0. The molecule has 3 N–H and O–H groups in total. The summed E-state index contributed by atoms with van der Waals surface area (Å²) in [7, 11) is 0. The summed E-state index contributed by atoms with van der Waals surface area (Å²) in [6.07, 6.45) is -0.886. The lowest BCUT2D eigenvalue weighted by atomic mass is 9.78. The highest BCUT2D eigenvalue weighted by atomic mass is 16.6. The number of carbonyl (C=O) groups excluding carboxylic acids is 3. The molecule has 0 heterocycles. The van der Waals surface area contributed by atoms with Gasteiger partial charge >= 0.3 is 17.9 Å². The topological polar surface area (TPSA) is 140 Å². The third-order valence-electron chi connectivity index (χ3n) is 11.7. The summed E-state index contributed by atoms with van der Waals surface area (Å²) in [5.41, 5.74) is 5.47. The van der Waals surface area contributed by atoms with E-state index < -0.39 is 30.1 Å². The van der Waals surface area contributed by atoms with Crippen LogP contribution in [-0.2, 0) is 80.3 Å². The molecule has 2 atom stereocenters. The van der Waals surface area contributed by atoms with Gasteiger partial charge in [0.25, 0.3) is 0 Å². The van der Waals surface area contributed by atoms with Crippen molar-refractivity contribution in [3.8, 4) is 17.2 Å². The molecule has 356 valence electrons. The van der Waals surface area contributed by atoms with Gasteiger partial charge in [-0.1, -0.05) is 161 Å². The predicted octanol–water partition coefficient (Wildman–Crippen LogP) is 12.2. The number of hydrogen-bond donors (Lipinski definition) is 3. The molecule has 0 aliphatic rings. The Hall–Kier alpha value is -4.53. The molecule has 64 heavy (non-hydrogen) atoms. The lowest BCUT2D eigenvalue weighted by Gasteiger charge is -2.28. The number of rotatable bonds is 14. The van der Waals surface area contributed by atoms with Crippen molar-refractivity contribution in [2.75, 3.05) is 6.61 Å². The maximum absolute atomic E-state index is 13.6. The van der Waals surface area contributed by atoms with E-state index in [1.54, 1.807) is 6.92 Å². The molecule has 0 spiro atoms. The van der Waals surface area contributed by atoms with E-state index in [4.69, 9.17) is 14.2 Å². The number of ether oxygens (including phenoxy) is 3. The van der Waals surface area contributed by atoms with Gasteiger partial charge in [0.2, 0.25) is 0 Å². The summed E-state index contributed by atoms with van der Waals surface area (Å²) >= 11 is 0. The number of phenolic OH excluding ortho intramolecular Hbond substituents is 3. The zero-order chi connectivity index (χ0) is 49.1. The van der Waals surface area contributed by atoms with Gasteiger partial charge in [-0.05, 0) is 109 Å². The number of hydrogen-bond acceptors (Lipinski definition) is 9. The van der Waals surface area contributed by atoms with Crippen LogP contribution < -0.4 is 0 Å². The minimum Gasteiger partial charge on any atom is -0.507 e. The molecule has 0 radical (unpaired) electrons. The Morgan fingerprint density at radius 3 is 0.906 bits per heavy atom. The van der Waals surface area contributed by atoms with E-state index in [9.17, 15) is 29.7 Å². The van der Waals surface area contributed by atoms with Crippen LogP contribution in [0.2, 0.25) is 0 Å². The maximum Gasteiger partial charge on any atom is 0.306 e. The average Bonchev–Trinajstić information content (AvgIpc) is 3.12. The van der Waals surface area contributed by atoms with E-state index in [0.29, 0.717) is 19.3 Å². The van der Waals surface area contributed by atoms with E-state index in [1.807, 2.05) is 161 Å². The Morgan fingerprint density at radius 1 is 0.422 bits per heavy atom. The van der Waals surface area contributed by atoms with E-state index in [1.165, 1.54) is 0 Å². The van der Waals surface area contributed by atoms with E-state index >= 15 is 0 Å². The third kappa shape index (κ3) is 14.7. The van der Waals surface area contributed by atoms with E-state index in [2.05, 4.69) is 0 Å². The van der Waals surface area contributed by atoms with Crippen molar-refractivity contribution in [1.82, 2.24) is 0 Å². The molecule has 3 aromatic rings. The monoisotopic (exact) mass is 887 g/mol. The van der Waals surface area contributed by atoms with E-state index in [-0.39, 0.29) is 75.6 Å². The first kappa shape index (κ1) is 53.8. The molecule has 9 heteroatoms. The van der Waals surface area contributed by atoms with Gasteiger partial charge in [-0.2, -0.15) is 0 Å². The normalized spacial score (nSPS) is 13.9. The molecular formula is C55H82O9. The summed E-state index contributed by atoms with van der Waals surface area (Å²) in [5.74, 6) is -0.773. The largest absolute Gasteiger partial charge is 0.507 e. The van der Waals surface area contributed by atoms with Crippen molar-refractivity contribution in [1.29, 1.82) is 0 Å². The minimum absolute atomic E-state index is 0.00317. The molecule has 0 saturated carbocycles. The minimum atomic E-state index is -1.09. The first-order valence-corrected chi connectivity index (χ1v) is 23.1. The Balaban J connectivity index is 1.85. The van der Waals surface area contributed by atoms with Crippen LogP contribution in [0.5, 0.6) is 17.2 Å². The van der Waals surface area contributed by atoms with Crippen molar-refractivity contribution >= 4 is 17.9 Å². The third-order valence-corrected chi connectivity index (χ3v) is 11.7. The number of carbonyl (C=O) groups is 3. The molecular weight excluding hydrogens is 805 g/mol. The standard InChI is InChI=1S/C55H82O9/c1-33(63-45(57)24-21-35-28-39(52(8,9)10)48(60)40(29-35)53(11,12)13)43(64-46(58)25-22-36-30-41(54(14,15)16)49(61)42(31-36)55(17,18)19)32-62-44(56)23-20-34-26-37(50(2,3)4)47(59)38(27-34)51(5,6)7/h26-31,33,43,59-61H,20-25,32H2,1-19H3. The second kappa shape index (κ2) is 19.9. The van der Waals surface area contributed by atoms with Gasteiger partial charge in [0.05, 0.1) is 0 Å². The van der Waals surface area contributed by atoms with Crippen molar-refractivity contribution in [2.24, 2.45) is 0 Å². The smallest absolute Gasteiger partial charge is 0.306 e. The van der Waals surface area contributed by atoms with Crippen LogP contribution in [0.4, 0.5) is 0 Å². The number of esters is 3. The van der Waals surface area contributed by atoms with Gasteiger partial charge in [0, 0.05) is 19.3 Å². The SMILES string of the molecule is CC(OC(=O)CCc1cc(C(C)(C)C)c(O)c(C(C)(C)C)c1)C(COC(=O)CCc1cc(C(C)(C)C)c(O)c(C(C)(C)C)c1)OC(=O)CCc1cc(C(C)(C)C)c(O)c(C(C)(C)C)c1. The van der Waals surface area contributed by atoms with Crippen LogP contribution in [0, 0.1) is 0 Å². The molecule has 0 aliphatic carbocycles. The fourth-order valence-electron chi connectivity index (χ4n) is 7.77. The van der Waals surface area contributed by atoms with Gasteiger partial charge in [-0.25, -0.2) is 0 Å². The number of aromatic hydroxyl groups is 3. The molecule has 0 fully saturated rings. The highest BCUT2D eigenvalue weighted by Crippen LogP contribution is 2.43. The molecule has 0 amide bonds. The van der Waals surface area contributed by atoms with Crippen LogP contribution >= 0.6 is 0 Å². The summed E-state index contributed by atoms with van der Waals surface area (Å²) in [6, 6.07) is 11.7. The quantitative estimate of drug-likeness (QED) is 0.107. The Bertz CT molecular complexity index is 2030. The second-order valence-corrected chi connectivity index (χ2v) is 24.0. The molecule has 0 aromatic heterocycles. The Labute approximate surface area is 385 Å². The highest BCUT2D eigenvalue weighted by molar-refractivity contribution is 5.72. The number of aryl methyl sites for hydroxylation is 3. The molecule has 3 aromatic carbocycles. The summed E-state index contributed by atoms with van der Waals surface area (Å²) in [4.78, 5) is 40.5. The Morgan fingerprint density at radius 2 is 0.656 bits per heavy atom. The number of phenols is 3. The lowest BCUT2D eigenvalue weighted by molar-refractivity contribution is -0.174. The van der Waals surface area contributed by atoms with Gasteiger partial charge < -0.3 is 29.5 Å². The Kier molecular flexibility index (Phi) is 16.7. The van der Waals surface area contributed by atoms with Crippen LogP contribution in [-0.4, -0.2) is 52.0 Å². The molecule has 2 unspecified atom stereocenters. The zero-order valence-corrected chi connectivity index (χ0v) is 42.9. The van der Waals surface area contributed by atoms with Gasteiger partial charge in [-0.3, -0.25) is 14.4 Å². The van der Waals surface area contributed by atoms with Crippen molar-refractivity contribution in [3.63, 3.8) is 0 Å². The summed E-state index contributed by atoms with van der Waals surface area (Å²) in [6.45, 7) is 38.0. The van der Waals surface area contributed by atoms with Crippen molar-refractivity contribution < 1.29 is 43.9 Å². The first-order chi connectivity index (χ1) is 28.9. The molecule has 0 bridgehead atoms. The van der Waals surface area contributed by atoms with Crippen LogP contribution in [0.25, 0.3) is 0 Å². The average molecular weight is 887 g/mol. The van der Waals surface area contributed by atoms with Gasteiger partial charge in [0.1, 0.15) is 30.0 Å². The van der Waals surface area contributed by atoms with Crippen molar-refractivity contribution in [3.05, 3.63) is 86.5 Å². The number of benzene rings is 3. The highest BCUT2D eigenvalue weighted by Gasteiger charge is 2.31. The van der Waals surface area contributed by atoms with Crippen LogP contribution in [0.1, 0.15) is 201 Å². The zero-order valence-electron chi connectivity index (χ0n) is 42.9. The lowest BCUT2D eigenvalue weighted by Crippen LogP contribution is -2.37. The fraction of sp³-hybridized carbons (Fsp3) is 0.618. The fourth-order valence-corrected chi connectivity index (χ4v) is 7.77. The first-order valence-electron chi connectivity index (χ1n) is 23.1. The maximum atomic E-state index is 13.6. The predicted molar refractivity (Wildman–Crippen MR) is 258 cm³/mol. The summed E-state index contributed by atoms with van der Waals surface area (Å²) in [5, 5.41) is 33.6.